The number of benzene rings is 2. The minimum absolute atomic E-state index is 0.136. The van der Waals surface area contributed by atoms with Crippen molar-refractivity contribution >= 4 is 50.5 Å². The van der Waals surface area contributed by atoms with E-state index in [1.54, 1.807) is 6.20 Å². The Bertz CT molecular complexity index is 1460. The molecule has 0 saturated carbocycles. The number of halogens is 2. The molecule has 8 nitrogen and oxygen atoms in total. The van der Waals surface area contributed by atoms with Crippen molar-refractivity contribution in [3.05, 3.63) is 104 Å². The molecule has 232 valence electrons. The molecule has 0 bridgehead atoms. The molecule has 2 saturated heterocycles. The van der Waals surface area contributed by atoms with Crippen LogP contribution in [-0.4, -0.2) is 49.4 Å². The quantitative estimate of drug-likeness (QED) is 0.166. The van der Waals surface area contributed by atoms with Gasteiger partial charge in [0, 0.05) is 54.4 Å². The molecule has 2 aromatic heterocycles. The third-order valence-corrected chi connectivity index (χ3v) is 8.94. The highest BCUT2D eigenvalue weighted by Gasteiger charge is 2.17. The van der Waals surface area contributed by atoms with Crippen molar-refractivity contribution in [3.8, 4) is 0 Å². The van der Waals surface area contributed by atoms with Gasteiger partial charge in [-0.2, -0.15) is 0 Å². The summed E-state index contributed by atoms with van der Waals surface area (Å²) in [5, 5.41) is 14.1. The van der Waals surface area contributed by atoms with E-state index < -0.39 is 0 Å². The van der Waals surface area contributed by atoms with Crippen molar-refractivity contribution in [1.29, 1.82) is 0 Å². The predicted octanol–water partition coefficient (Wildman–Crippen LogP) is 7.62. The van der Waals surface area contributed by atoms with Crippen LogP contribution in [0.5, 0.6) is 0 Å². The lowest BCUT2D eigenvalue weighted by Crippen LogP contribution is -2.33. The number of aryl methyl sites for hydroxylation is 4. The summed E-state index contributed by atoms with van der Waals surface area (Å²) in [5.74, 6) is 1.65. The maximum Gasteiger partial charge on any atom is 0.130 e. The van der Waals surface area contributed by atoms with Crippen molar-refractivity contribution in [2.45, 2.75) is 39.9 Å². The van der Waals surface area contributed by atoms with Crippen LogP contribution in [0.2, 0.25) is 5.02 Å². The molecule has 10 heteroatoms. The average molecular weight is 680 g/mol. The average Bonchev–Trinajstić information content (AvgIpc) is 3.04. The van der Waals surface area contributed by atoms with E-state index in [0.717, 1.165) is 78.0 Å². The summed E-state index contributed by atoms with van der Waals surface area (Å²) in [6.45, 7) is 13.4. The summed E-state index contributed by atoms with van der Waals surface area (Å²) < 4.78 is 12.6. The van der Waals surface area contributed by atoms with Gasteiger partial charge in [-0.3, -0.25) is 0 Å². The number of aromatic nitrogens is 2. The number of morpholine rings is 2. The second-order valence-electron chi connectivity index (χ2n) is 11.2. The monoisotopic (exact) mass is 678 g/mol. The minimum atomic E-state index is 0.136. The Morgan fingerprint density at radius 1 is 0.705 bits per heavy atom. The zero-order chi connectivity index (χ0) is 31.1. The van der Waals surface area contributed by atoms with Crippen molar-refractivity contribution in [1.82, 2.24) is 20.6 Å². The topological polar surface area (TPSA) is 92.4 Å². The first-order valence-corrected chi connectivity index (χ1v) is 16.1. The molecule has 4 N–H and O–H groups in total. The van der Waals surface area contributed by atoms with E-state index in [9.17, 15) is 0 Å². The molecule has 0 amide bonds. The van der Waals surface area contributed by atoms with Crippen LogP contribution in [0.25, 0.3) is 0 Å². The van der Waals surface area contributed by atoms with E-state index in [2.05, 4.69) is 104 Å². The molecule has 0 spiro atoms. The van der Waals surface area contributed by atoms with Crippen LogP contribution >= 0.6 is 27.5 Å². The summed E-state index contributed by atoms with van der Waals surface area (Å²) in [6.07, 6.45) is 3.78. The number of nitrogens with zero attached hydrogens (tertiary/aromatic N) is 2. The number of rotatable bonds is 6. The molecule has 44 heavy (non-hydrogen) atoms. The predicted molar refractivity (Wildman–Crippen MR) is 183 cm³/mol. The van der Waals surface area contributed by atoms with Gasteiger partial charge in [0.05, 0.1) is 30.4 Å². The van der Waals surface area contributed by atoms with Crippen LogP contribution in [-0.2, 0) is 9.47 Å². The van der Waals surface area contributed by atoms with Crippen molar-refractivity contribution in [2.24, 2.45) is 0 Å². The molecule has 2 unspecified atom stereocenters. The summed E-state index contributed by atoms with van der Waals surface area (Å²) in [4.78, 5) is 8.71. The Hall–Kier alpha value is -3.05. The fourth-order valence-corrected chi connectivity index (χ4v) is 5.43. The number of pyridine rings is 2. The van der Waals surface area contributed by atoms with Crippen LogP contribution in [0, 0.1) is 27.7 Å². The number of anilines is 4. The zero-order valence-electron chi connectivity index (χ0n) is 25.6. The molecule has 2 aliphatic rings. The minimum Gasteiger partial charge on any atom is -0.371 e. The van der Waals surface area contributed by atoms with Gasteiger partial charge in [-0.25, -0.2) is 9.97 Å². The Labute approximate surface area is 273 Å². The van der Waals surface area contributed by atoms with Gasteiger partial charge in [-0.15, -0.1) is 0 Å². The first kappa shape index (κ1) is 32.3. The standard InChI is InChI=1S/C17H20BrN3O.C17H20ClN3O/c2*1-11-8-17(20-9-14(11)18)21-15-4-3-13(7-12(15)2)16-10-19-5-6-22-16/h2*3-4,7-9,16,19H,5-6,10H2,1-2H3,(H,20,21). The number of ether oxygens (including phenoxy) is 2. The highest BCUT2D eigenvalue weighted by Crippen LogP contribution is 2.28. The van der Waals surface area contributed by atoms with E-state index >= 15 is 0 Å². The maximum atomic E-state index is 6.01. The number of hydrogen-bond acceptors (Lipinski definition) is 8. The zero-order valence-corrected chi connectivity index (χ0v) is 28.0. The Kier molecular flexibility index (Phi) is 11.2. The molecule has 2 atom stereocenters. The molecular formula is C34H40BrClN6O2. The molecule has 4 heterocycles. The highest BCUT2D eigenvalue weighted by molar-refractivity contribution is 9.10. The van der Waals surface area contributed by atoms with Gasteiger partial charge in [-0.1, -0.05) is 35.9 Å². The summed E-state index contributed by atoms with van der Waals surface area (Å²) >= 11 is 9.48. The second-order valence-corrected chi connectivity index (χ2v) is 12.4. The van der Waals surface area contributed by atoms with Crippen molar-refractivity contribution in [3.63, 3.8) is 0 Å². The van der Waals surface area contributed by atoms with E-state index in [1.807, 2.05) is 25.3 Å². The van der Waals surface area contributed by atoms with Gasteiger partial charge in [0.25, 0.3) is 0 Å². The first-order valence-electron chi connectivity index (χ1n) is 14.9. The highest BCUT2D eigenvalue weighted by atomic mass is 79.9. The van der Waals surface area contributed by atoms with Gasteiger partial charge < -0.3 is 30.7 Å². The third kappa shape index (κ3) is 8.56. The molecule has 0 aliphatic carbocycles. The van der Waals surface area contributed by atoms with Gasteiger partial charge in [0.15, 0.2) is 0 Å². The number of hydrogen-bond donors (Lipinski definition) is 4. The fourth-order valence-electron chi connectivity index (χ4n) is 5.11. The lowest BCUT2D eigenvalue weighted by atomic mass is 10.0. The first-order chi connectivity index (χ1) is 21.3. The second kappa shape index (κ2) is 15.3. The van der Waals surface area contributed by atoms with Gasteiger partial charge in [0.2, 0.25) is 0 Å². The largest absolute Gasteiger partial charge is 0.371 e. The van der Waals surface area contributed by atoms with Crippen LogP contribution in [0.3, 0.4) is 0 Å². The van der Waals surface area contributed by atoms with Crippen molar-refractivity contribution in [2.75, 3.05) is 50.0 Å². The third-order valence-electron chi connectivity index (χ3n) is 7.72. The van der Waals surface area contributed by atoms with E-state index in [1.165, 1.54) is 22.3 Å². The smallest absolute Gasteiger partial charge is 0.130 e. The molecule has 2 fully saturated rings. The molecule has 0 radical (unpaired) electrons. The van der Waals surface area contributed by atoms with Crippen molar-refractivity contribution < 1.29 is 9.47 Å². The van der Waals surface area contributed by atoms with E-state index in [-0.39, 0.29) is 12.2 Å². The van der Waals surface area contributed by atoms with Gasteiger partial charge in [-0.05, 0) is 101 Å². The Morgan fingerprint density at radius 3 is 1.64 bits per heavy atom. The van der Waals surface area contributed by atoms with E-state index in [4.69, 9.17) is 21.1 Å². The fraction of sp³-hybridized carbons (Fsp3) is 0.353. The molecule has 6 rings (SSSR count). The number of nitrogens with one attached hydrogen (secondary N) is 4. The summed E-state index contributed by atoms with van der Waals surface area (Å²) in [5.41, 5.74) is 9.06. The summed E-state index contributed by atoms with van der Waals surface area (Å²) in [7, 11) is 0. The SMILES string of the molecule is Cc1cc(Nc2ccc(C3CNCCO3)cc2C)ncc1Br.Cc1cc(Nc2ccc(C3CNCCO3)cc2C)ncc1Cl. The Morgan fingerprint density at radius 2 is 1.20 bits per heavy atom. The molecule has 4 aromatic rings. The van der Waals surface area contributed by atoms with Gasteiger partial charge in [0.1, 0.15) is 11.6 Å². The van der Waals surface area contributed by atoms with E-state index in [0.29, 0.717) is 5.02 Å². The normalized spacial score (nSPS) is 18.2. The maximum absolute atomic E-state index is 6.01. The van der Waals surface area contributed by atoms with Crippen LogP contribution in [0.4, 0.5) is 23.0 Å². The van der Waals surface area contributed by atoms with Crippen LogP contribution in [0.1, 0.15) is 45.6 Å². The Balaban J connectivity index is 0.000000175. The van der Waals surface area contributed by atoms with Crippen LogP contribution < -0.4 is 21.3 Å². The lowest BCUT2D eigenvalue weighted by molar-refractivity contribution is 0.0276. The summed E-state index contributed by atoms with van der Waals surface area (Å²) in [6, 6.07) is 16.7. The van der Waals surface area contributed by atoms with Gasteiger partial charge >= 0.3 is 0 Å². The molecule has 2 aromatic carbocycles. The molecule has 2 aliphatic heterocycles. The molecular weight excluding hydrogens is 640 g/mol. The lowest BCUT2D eigenvalue weighted by Gasteiger charge is -2.24. The van der Waals surface area contributed by atoms with Crippen LogP contribution in [0.15, 0.2) is 65.4 Å².